The van der Waals surface area contributed by atoms with Gasteiger partial charge in [-0.2, -0.15) is 0 Å². The lowest BCUT2D eigenvalue weighted by atomic mass is 10.1. The smallest absolute Gasteiger partial charge is 0.251 e. The van der Waals surface area contributed by atoms with Crippen molar-refractivity contribution in [2.45, 2.75) is 11.3 Å². The number of methoxy groups -OCH3 is 1. The second kappa shape index (κ2) is 9.42. The van der Waals surface area contributed by atoms with Gasteiger partial charge in [0, 0.05) is 25.8 Å². The molecule has 0 fully saturated rings. The number of carbonyl (C=O) groups is 1. The minimum Gasteiger partial charge on any atom is -0.383 e. The Kier molecular flexibility index (Phi) is 7.26. The number of sulfonamides is 1. The largest absolute Gasteiger partial charge is 0.383 e. The molecule has 26 heavy (non-hydrogen) atoms. The number of carbonyl (C=O) groups excluding carboxylic acids is 1. The van der Waals surface area contributed by atoms with Crippen LogP contribution in [-0.4, -0.2) is 41.1 Å². The quantitative estimate of drug-likeness (QED) is 0.649. The van der Waals surface area contributed by atoms with E-state index in [1.807, 2.05) is 0 Å². The molecule has 0 bridgehead atoms. The lowest BCUT2D eigenvalue weighted by Gasteiger charge is -2.08. The van der Waals surface area contributed by atoms with E-state index in [4.69, 9.17) is 4.74 Å². The van der Waals surface area contributed by atoms with E-state index < -0.39 is 10.0 Å². The van der Waals surface area contributed by atoms with Crippen LogP contribution in [0.4, 0.5) is 4.39 Å². The Balaban J connectivity index is 1.91. The summed E-state index contributed by atoms with van der Waals surface area (Å²) in [6.07, 6.45) is 0.444. The van der Waals surface area contributed by atoms with Crippen molar-refractivity contribution >= 4 is 15.9 Å². The van der Waals surface area contributed by atoms with Gasteiger partial charge in [0.2, 0.25) is 10.0 Å². The fourth-order valence-electron chi connectivity index (χ4n) is 2.22. The van der Waals surface area contributed by atoms with Crippen LogP contribution >= 0.6 is 0 Å². The van der Waals surface area contributed by atoms with Crippen molar-refractivity contribution in [3.8, 4) is 0 Å². The number of halogens is 1. The Bertz CT molecular complexity index is 821. The summed E-state index contributed by atoms with van der Waals surface area (Å²) in [5.41, 5.74) is 1.20. The zero-order valence-electron chi connectivity index (χ0n) is 14.4. The highest BCUT2D eigenvalue weighted by Gasteiger charge is 2.14. The molecular weight excluding hydrogens is 359 g/mol. The Morgan fingerprint density at radius 2 is 1.69 bits per heavy atom. The van der Waals surface area contributed by atoms with E-state index in [1.165, 1.54) is 43.5 Å². The molecule has 0 saturated heterocycles. The number of nitrogens with one attached hydrogen (secondary N) is 2. The minimum absolute atomic E-state index is 0.0741. The van der Waals surface area contributed by atoms with Crippen molar-refractivity contribution in [1.82, 2.24) is 10.0 Å². The second-order valence-electron chi connectivity index (χ2n) is 5.55. The maximum atomic E-state index is 12.8. The van der Waals surface area contributed by atoms with Gasteiger partial charge in [0.1, 0.15) is 5.82 Å². The summed E-state index contributed by atoms with van der Waals surface area (Å²) in [4.78, 5) is 11.9. The summed E-state index contributed by atoms with van der Waals surface area (Å²) in [5, 5.41) is 2.66. The number of hydrogen-bond acceptors (Lipinski definition) is 4. The van der Waals surface area contributed by atoms with Crippen LogP contribution in [-0.2, 0) is 21.2 Å². The SMILES string of the molecule is COCCNC(=O)c1ccc(S(=O)(=O)NCCc2ccc(F)cc2)cc1. The molecule has 0 aliphatic heterocycles. The van der Waals surface area contributed by atoms with Gasteiger partial charge in [0.05, 0.1) is 11.5 Å². The zero-order valence-corrected chi connectivity index (χ0v) is 15.2. The summed E-state index contributed by atoms with van der Waals surface area (Å²) >= 11 is 0. The van der Waals surface area contributed by atoms with Crippen molar-refractivity contribution < 1.29 is 22.3 Å². The minimum atomic E-state index is -3.68. The molecule has 0 spiro atoms. The van der Waals surface area contributed by atoms with Gasteiger partial charge in [-0.05, 0) is 48.4 Å². The molecule has 0 aliphatic rings. The van der Waals surface area contributed by atoms with E-state index in [2.05, 4.69) is 10.0 Å². The fraction of sp³-hybridized carbons (Fsp3) is 0.278. The summed E-state index contributed by atoms with van der Waals surface area (Å²) in [7, 11) is -2.14. The summed E-state index contributed by atoms with van der Waals surface area (Å²) in [6.45, 7) is 0.962. The van der Waals surface area contributed by atoms with Crippen molar-refractivity contribution in [1.29, 1.82) is 0 Å². The average Bonchev–Trinajstić information content (AvgIpc) is 2.63. The molecule has 0 aliphatic carbocycles. The molecule has 0 radical (unpaired) electrons. The average molecular weight is 380 g/mol. The van der Waals surface area contributed by atoms with Crippen LogP contribution in [0.5, 0.6) is 0 Å². The van der Waals surface area contributed by atoms with Gasteiger partial charge >= 0.3 is 0 Å². The molecule has 6 nitrogen and oxygen atoms in total. The Hall–Kier alpha value is -2.29. The number of benzene rings is 2. The van der Waals surface area contributed by atoms with Gasteiger partial charge in [-0.25, -0.2) is 17.5 Å². The molecule has 140 valence electrons. The van der Waals surface area contributed by atoms with Gasteiger partial charge < -0.3 is 10.1 Å². The molecule has 0 aromatic heterocycles. The van der Waals surface area contributed by atoms with E-state index in [0.717, 1.165) is 5.56 Å². The molecule has 0 atom stereocenters. The maximum Gasteiger partial charge on any atom is 0.251 e. The first-order valence-corrected chi connectivity index (χ1v) is 9.52. The zero-order chi connectivity index (χ0) is 19.0. The molecule has 0 saturated carbocycles. The monoisotopic (exact) mass is 380 g/mol. The van der Waals surface area contributed by atoms with E-state index >= 15 is 0 Å². The predicted octanol–water partition coefficient (Wildman–Crippen LogP) is 1.72. The third-order valence-corrected chi connectivity index (χ3v) is 5.11. The van der Waals surface area contributed by atoms with Crippen LogP contribution in [0.1, 0.15) is 15.9 Å². The van der Waals surface area contributed by atoms with Crippen LogP contribution in [0.25, 0.3) is 0 Å². The Labute approximate surface area is 152 Å². The highest BCUT2D eigenvalue weighted by atomic mass is 32.2. The normalized spacial score (nSPS) is 11.3. The van der Waals surface area contributed by atoms with Gasteiger partial charge in [-0.15, -0.1) is 0 Å². The topological polar surface area (TPSA) is 84.5 Å². The molecule has 2 rings (SSSR count). The first-order chi connectivity index (χ1) is 12.4. The lowest BCUT2D eigenvalue weighted by Crippen LogP contribution is -2.27. The molecule has 2 aromatic carbocycles. The van der Waals surface area contributed by atoms with E-state index in [9.17, 15) is 17.6 Å². The third-order valence-electron chi connectivity index (χ3n) is 3.64. The second-order valence-corrected chi connectivity index (χ2v) is 7.31. The van der Waals surface area contributed by atoms with Crippen LogP contribution in [0.3, 0.4) is 0 Å². The predicted molar refractivity (Wildman–Crippen MR) is 95.9 cm³/mol. The number of ether oxygens (including phenoxy) is 1. The molecule has 0 unspecified atom stereocenters. The van der Waals surface area contributed by atoms with E-state index in [0.29, 0.717) is 25.1 Å². The highest BCUT2D eigenvalue weighted by Crippen LogP contribution is 2.11. The first-order valence-electron chi connectivity index (χ1n) is 8.04. The van der Waals surface area contributed by atoms with Gasteiger partial charge in [-0.1, -0.05) is 12.1 Å². The van der Waals surface area contributed by atoms with Crippen molar-refractivity contribution in [2.24, 2.45) is 0 Å². The van der Waals surface area contributed by atoms with Crippen molar-refractivity contribution in [3.05, 3.63) is 65.5 Å². The van der Waals surface area contributed by atoms with E-state index in [1.54, 1.807) is 12.1 Å². The molecule has 0 heterocycles. The lowest BCUT2D eigenvalue weighted by molar-refractivity contribution is 0.0937. The first kappa shape index (κ1) is 20.0. The number of hydrogen-bond donors (Lipinski definition) is 2. The Morgan fingerprint density at radius 3 is 2.31 bits per heavy atom. The van der Waals surface area contributed by atoms with Crippen molar-refractivity contribution in [3.63, 3.8) is 0 Å². The van der Waals surface area contributed by atoms with Crippen LogP contribution in [0.15, 0.2) is 53.4 Å². The third kappa shape index (κ3) is 5.91. The fourth-order valence-corrected chi connectivity index (χ4v) is 3.25. The summed E-state index contributed by atoms with van der Waals surface area (Å²) in [6, 6.07) is 11.6. The molecule has 2 aromatic rings. The number of rotatable bonds is 9. The standard InChI is InChI=1S/C18H21FN2O4S/c1-25-13-12-20-18(22)15-4-8-17(9-5-15)26(23,24)21-11-10-14-2-6-16(19)7-3-14/h2-9,21H,10-13H2,1H3,(H,20,22). The Morgan fingerprint density at radius 1 is 1.04 bits per heavy atom. The van der Waals surface area contributed by atoms with E-state index in [-0.39, 0.29) is 23.2 Å². The summed E-state index contributed by atoms with van der Waals surface area (Å²) in [5.74, 6) is -0.629. The van der Waals surface area contributed by atoms with Crippen LogP contribution < -0.4 is 10.0 Å². The number of amides is 1. The molecule has 1 amide bonds. The summed E-state index contributed by atoms with van der Waals surface area (Å²) < 4.78 is 44.7. The maximum absolute atomic E-state index is 12.8. The molecular formula is C18H21FN2O4S. The van der Waals surface area contributed by atoms with Gasteiger partial charge in [-0.3, -0.25) is 4.79 Å². The van der Waals surface area contributed by atoms with Gasteiger partial charge in [0.25, 0.3) is 5.91 Å². The highest BCUT2D eigenvalue weighted by molar-refractivity contribution is 7.89. The van der Waals surface area contributed by atoms with Gasteiger partial charge in [0.15, 0.2) is 0 Å². The van der Waals surface area contributed by atoms with Crippen molar-refractivity contribution in [2.75, 3.05) is 26.8 Å². The molecule has 8 heteroatoms. The van der Waals surface area contributed by atoms with Crippen LogP contribution in [0.2, 0.25) is 0 Å². The molecule has 2 N–H and O–H groups in total. The van der Waals surface area contributed by atoms with Crippen LogP contribution in [0, 0.1) is 5.82 Å².